The van der Waals surface area contributed by atoms with Crippen molar-refractivity contribution in [3.8, 4) is 11.5 Å². The molecule has 0 aliphatic carbocycles. The highest BCUT2D eigenvalue weighted by Crippen LogP contribution is 2.23. The van der Waals surface area contributed by atoms with E-state index in [1.165, 1.54) is 0 Å². The van der Waals surface area contributed by atoms with Gasteiger partial charge in [-0.1, -0.05) is 36.4 Å². The quantitative estimate of drug-likeness (QED) is 0.811. The van der Waals surface area contributed by atoms with Crippen molar-refractivity contribution in [1.82, 2.24) is 0 Å². The molecule has 0 radical (unpaired) electrons. The molecule has 2 aromatic carbocycles. The molecule has 2 aromatic rings. The zero-order valence-corrected chi connectivity index (χ0v) is 13.3. The summed E-state index contributed by atoms with van der Waals surface area (Å²) in [5.41, 5.74) is 1.40. The summed E-state index contributed by atoms with van der Waals surface area (Å²) < 4.78 is 10.9. The van der Waals surface area contributed by atoms with Gasteiger partial charge in [-0.15, -0.1) is 0 Å². The number of benzene rings is 2. The summed E-state index contributed by atoms with van der Waals surface area (Å²) in [7, 11) is 0. The number of aryl methyl sites for hydroxylation is 2. The van der Waals surface area contributed by atoms with Crippen LogP contribution in [0.4, 0.5) is 0 Å². The summed E-state index contributed by atoms with van der Waals surface area (Å²) in [5.74, 6) is -2.24. The predicted molar refractivity (Wildman–Crippen MR) is 86.5 cm³/mol. The number of ether oxygens (including phenoxy) is 2. The van der Waals surface area contributed by atoms with Gasteiger partial charge in [0, 0.05) is 0 Å². The van der Waals surface area contributed by atoms with E-state index in [1.807, 2.05) is 0 Å². The molecule has 0 aromatic heterocycles. The van der Waals surface area contributed by atoms with Crippen LogP contribution in [0.3, 0.4) is 0 Å². The Hall–Kier alpha value is -3.02. The van der Waals surface area contributed by atoms with Crippen LogP contribution in [0.1, 0.15) is 11.1 Å². The second-order valence-electron chi connectivity index (χ2n) is 5.28. The molecule has 0 aliphatic rings. The third-order valence-electron chi connectivity index (χ3n) is 3.46. The summed E-state index contributed by atoms with van der Waals surface area (Å²) in [6.45, 7) is 3.48. The standard InChI is InChI=1S/C18H18O6/c1-11-7-3-5-9-13(11)23-15(17(19)20)16(18(21)22)24-14-10-6-4-8-12(14)2/h3-10,15-16H,1-2H3,(H,19,20)(H,21,22)/t15-,16-/m0/s1. The van der Waals surface area contributed by atoms with Gasteiger partial charge in [0.05, 0.1) is 0 Å². The number of aliphatic carboxylic acids is 2. The molecule has 0 bridgehead atoms. The maximum atomic E-state index is 11.6. The first-order valence-electron chi connectivity index (χ1n) is 7.30. The van der Waals surface area contributed by atoms with Crippen LogP contribution in [0.25, 0.3) is 0 Å². The van der Waals surface area contributed by atoms with E-state index in [0.717, 1.165) is 0 Å². The molecule has 0 fully saturated rings. The normalized spacial score (nSPS) is 12.9. The minimum Gasteiger partial charge on any atom is -0.478 e. The van der Waals surface area contributed by atoms with Crippen molar-refractivity contribution in [1.29, 1.82) is 0 Å². The van der Waals surface area contributed by atoms with Crippen molar-refractivity contribution in [3.63, 3.8) is 0 Å². The van der Waals surface area contributed by atoms with Crippen LogP contribution < -0.4 is 9.47 Å². The lowest BCUT2D eigenvalue weighted by Crippen LogP contribution is -2.47. The smallest absolute Gasteiger partial charge is 0.349 e. The number of carbonyl (C=O) groups is 2. The predicted octanol–water partition coefficient (Wildman–Crippen LogP) is 2.67. The number of rotatable bonds is 7. The highest BCUT2D eigenvalue weighted by Gasteiger charge is 2.38. The summed E-state index contributed by atoms with van der Waals surface area (Å²) in [4.78, 5) is 23.1. The zero-order valence-electron chi connectivity index (χ0n) is 13.3. The van der Waals surface area contributed by atoms with Crippen LogP contribution in [0.2, 0.25) is 0 Å². The van der Waals surface area contributed by atoms with Crippen molar-refractivity contribution in [2.75, 3.05) is 0 Å². The Kier molecular flexibility index (Phi) is 5.42. The van der Waals surface area contributed by atoms with Gasteiger partial charge in [-0.05, 0) is 37.1 Å². The van der Waals surface area contributed by atoms with Crippen LogP contribution in [-0.2, 0) is 9.59 Å². The molecule has 2 atom stereocenters. The average molecular weight is 330 g/mol. The summed E-state index contributed by atoms with van der Waals surface area (Å²) in [5, 5.41) is 18.8. The molecule has 126 valence electrons. The monoisotopic (exact) mass is 330 g/mol. The van der Waals surface area contributed by atoms with Crippen LogP contribution in [-0.4, -0.2) is 34.4 Å². The van der Waals surface area contributed by atoms with Gasteiger partial charge in [-0.25, -0.2) is 9.59 Å². The lowest BCUT2D eigenvalue weighted by atomic mass is 10.1. The van der Waals surface area contributed by atoms with Gasteiger partial charge >= 0.3 is 11.9 Å². The summed E-state index contributed by atoms with van der Waals surface area (Å²) in [6.07, 6.45) is -3.38. The van der Waals surface area contributed by atoms with E-state index in [-0.39, 0.29) is 0 Å². The zero-order chi connectivity index (χ0) is 17.7. The third kappa shape index (κ3) is 4.04. The summed E-state index contributed by atoms with van der Waals surface area (Å²) >= 11 is 0. The molecule has 0 unspecified atom stereocenters. The third-order valence-corrected chi connectivity index (χ3v) is 3.46. The Morgan fingerprint density at radius 3 is 1.38 bits per heavy atom. The van der Waals surface area contributed by atoms with Gasteiger partial charge in [0.25, 0.3) is 0 Å². The van der Waals surface area contributed by atoms with E-state index in [2.05, 4.69) is 0 Å². The van der Waals surface area contributed by atoms with Crippen molar-refractivity contribution in [3.05, 3.63) is 59.7 Å². The lowest BCUT2D eigenvalue weighted by Gasteiger charge is -2.24. The van der Waals surface area contributed by atoms with Gasteiger partial charge < -0.3 is 19.7 Å². The molecule has 6 nitrogen and oxygen atoms in total. The van der Waals surface area contributed by atoms with Crippen LogP contribution in [0.15, 0.2) is 48.5 Å². The molecule has 0 saturated carbocycles. The first-order valence-corrected chi connectivity index (χ1v) is 7.30. The van der Waals surface area contributed by atoms with Crippen molar-refractivity contribution < 1.29 is 29.3 Å². The molecule has 0 amide bonds. The Bertz CT molecular complexity index is 676. The van der Waals surface area contributed by atoms with Crippen LogP contribution in [0, 0.1) is 13.8 Å². The van der Waals surface area contributed by atoms with Gasteiger partial charge in [-0.2, -0.15) is 0 Å². The van der Waals surface area contributed by atoms with E-state index >= 15 is 0 Å². The molecular formula is C18H18O6. The molecule has 0 saturated heterocycles. The van der Waals surface area contributed by atoms with Gasteiger partial charge in [-0.3, -0.25) is 0 Å². The highest BCUT2D eigenvalue weighted by molar-refractivity contribution is 5.84. The van der Waals surface area contributed by atoms with Crippen LogP contribution in [0.5, 0.6) is 11.5 Å². The van der Waals surface area contributed by atoms with E-state index in [0.29, 0.717) is 22.6 Å². The fourth-order valence-corrected chi connectivity index (χ4v) is 2.13. The lowest BCUT2D eigenvalue weighted by molar-refractivity contribution is -0.161. The van der Waals surface area contributed by atoms with Crippen molar-refractivity contribution in [2.45, 2.75) is 26.1 Å². The Balaban J connectivity index is 2.31. The topological polar surface area (TPSA) is 93.1 Å². The summed E-state index contributed by atoms with van der Waals surface area (Å²) in [6, 6.07) is 13.6. The minimum atomic E-state index is -1.69. The largest absolute Gasteiger partial charge is 0.478 e. The number of carboxylic acids is 2. The fourth-order valence-electron chi connectivity index (χ4n) is 2.13. The van der Waals surface area contributed by atoms with Gasteiger partial charge in [0.1, 0.15) is 11.5 Å². The van der Waals surface area contributed by atoms with E-state index < -0.39 is 24.1 Å². The first-order chi connectivity index (χ1) is 11.4. The minimum absolute atomic E-state index is 0.296. The fraction of sp³-hybridized carbons (Fsp3) is 0.222. The van der Waals surface area contributed by atoms with Gasteiger partial charge in [0.15, 0.2) is 0 Å². The second-order valence-corrected chi connectivity index (χ2v) is 5.28. The number of hydrogen-bond acceptors (Lipinski definition) is 4. The van der Waals surface area contributed by atoms with Crippen molar-refractivity contribution >= 4 is 11.9 Å². The molecular weight excluding hydrogens is 312 g/mol. The average Bonchev–Trinajstić information content (AvgIpc) is 2.53. The van der Waals surface area contributed by atoms with Crippen LogP contribution >= 0.6 is 0 Å². The van der Waals surface area contributed by atoms with Gasteiger partial charge in [0.2, 0.25) is 12.2 Å². The number of hydrogen-bond donors (Lipinski definition) is 2. The SMILES string of the molecule is Cc1ccccc1O[C@H](C(=O)O)[C@H](Oc1ccccc1C)C(=O)O. The van der Waals surface area contributed by atoms with E-state index in [4.69, 9.17) is 9.47 Å². The van der Waals surface area contributed by atoms with E-state index in [1.54, 1.807) is 62.4 Å². The number of carboxylic acid groups (broad SMARTS) is 2. The molecule has 24 heavy (non-hydrogen) atoms. The molecule has 0 heterocycles. The Labute approximate surface area is 139 Å². The molecule has 2 N–H and O–H groups in total. The molecule has 0 aliphatic heterocycles. The highest BCUT2D eigenvalue weighted by atomic mass is 16.6. The first kappa shape index (κ1) is 17.3. The molecule has 6 heteroatoms. The second kappa shape index (κ2) is 7.50. The number of para-hydroxylation sites is 2. The van der Waals surface area contributed by atoms with Crippen molar-refractivity contribution in [2.24, 2.45) is 0 Å². The molecule has 2 rings (SSSR count). The Morgan fingerprint density at radius 2 is 1.08 bits per heavy atom. The maximum Gasteiger partial charge on any atom is 0.349 e. The molecule has 0 spiro atoms. The Morgan fingerprint density at radius 1 is 0.750 bits per heavy atom. The van der Waals surface area contributed by atoms with E-state index in [9.17, 15) is 19.8 Å². The maximum absolute atomic E-state index is 11.6.